The summed E-state index contributed by atoms with van der Waals surface area (Å²) in [4.78, 5) is 24.2. The number of hydrogen-bond donors (Lipinski definition) is 1. The monoisotopic (exact) mass is 391 g/mol. The normalized spacial score (nSPS) is 10.0. The SMILES string of the molecule is CCOC(=O)C(C(=O)OCC)=C(NC)SCc1ccc(Cl)cc1Cl. The minimum absolute atomic E-state index is 0.156. The van der Waals surface area contributed by atoms with Crippen LogP contribution < -0.4 is 5.32 Å². The number of rotatable bonds is 8. The van der Waals surface area contributed by atoms with Gasteiger partial charge in [-0.3, -0.25) is 0 Å². The molecule has 0 radical (unpaired) electrons. The van der Waals surface area contributed by atoms with Crippen LogP contribution in [0.25, 0.3) is 0 Å². The molecule has 0 bridgehead atoms. The maximum Gasteiger partial charge on any atom is 0.348 e. The second-order valence-electron chi connectivity index (χ2n) is 4.42. The molecule has 132 valence electrons. The number of carbonyl (C=O) groups excluding carboxylic acids is 2. The largest absolute Gasteiger partial charge is 0.462 e. The van der Waals surface area contributed by atoms with Gasteiger partial charge in [0, 0.05) is 22.8 Å². The van der Waals surface area contributed by atoms with E-state index in [0.29, 0.717) is 20.8 Å². The maximum absolute atomic E-state index is 12.1. The van der Waals surface area contributed by atoms with E-state index in [1.807, 2.05) is 0 Å². The molecule has 0 amide bonds. The Hall–Kier alpha value is -1.37. The van der Waals surface area contributed by atoms with Crippen molar-refractivity contribution in [2.75, 3.05) is 20.3 Å². The number of carbonyl (C=O) groups is 2. The zero-order valence-corrected chi connectivity index (χ0v) is 16.0. The number of hydrogen-bond acceptors (Lipinski definition) is 6. The second kappa shape index (κ2) is 10.5. The smallest absolute Gasteiger partial charge is 0.348 e. The third-order valence-electron chi connectivity index (χ3n) is 2.80. The Morgan fingerprint density at radius 2 is 1.71 bits per heavy atom. The summed E-state index contributed by atoms with van der Waals surface area (Å²) in [6.45, 7) is 3.65. The van der Waals surface area contributed by atoms with E-state index >= 15 is 0 Å². The van der Waals surface area contributed by atoms with E-state index in [1.54, 1.807) is 39.1 Å². The van der Waals surface area contributed by atoms with Gasteiger partial charge < -0.3 is 14.8 Å². The van der Waals surface area contributed by atoms with Gasteiger partial charge >= 0.3 is 11.9 Å². The molecule has 0 aliphatic heterocycles. The lowest BCUT2D eigenvalue weighted by molar-refractivity contribution is -0.146. The number of benzene rings is 1. The molecule has 0 saturated heterocycles. The molecule has 1 N–H and O–H groups in total. The highest BCUT2D eigenvalue weighted by Gasteiger charge is 2.26. The molecule has 0 aliphatic carbocycles. The van der Waals surface area contributed by atoms with Crippen molar-refractivity contribution in [3.05, 3.63) is 44.4 Å². The summed E-state index contributed by atoms with van der Waals surface area (Å²) in [6, 6.07) is 5.16. The fourth-order valence-corrected chi connectivity index (χ4v) is 3.29. The summed E-state index contributed by atoms with van der Waals surface area (Å²) in [5.74, 6) is -1.01. The van der Waals surface area contributed by atoms with Crippen molar-refractivity contribution in [3.63, 3.8) is 0 Å². The number of ether oxygens (including phenoxy) is 2. The fourth-order valence-electron chi connectivity index (χ4n) is 1.73. The summed E-state index contributed by atoms with van der Waals surface area (Å²) in [6.07, 6.45) is 0. The zero-order chi connectivity index (χ0) is 18.1. The van der Waals surface area contributed by atoms with Crippen molar-refractivity contribution in [1.82, 2.24) is 5.32 Å². The Kier molecular flexibility index (Phi) is 9.03. The van der Waals surface area contributed by atoms with E-state index in [1.165, 1.54) is 11.8 Å². The van der Waals surface area contributed by atoms with Crippen LogP contribution in [-0.2, 0) is 24.8 Å². The minimum Gasteiger partial charge on any atom is -0.462 e. The van der Waals surface area contributed by atoms with E-state index in [0.717, 1.165) is 5.56 Å². The molecule has 0 spiro atoms. The predicted octanol–water partition coefficient (Wildman–Crippen LogP) is 3.78. The topological polar surface area (TPSA) is 64.6 Å². The second-order valence-corrected chi connectivity index (χ2v) is 6.25. The molecule has 0 saturated carbocycles. The number of halogens is 2. The van der Waals surface area contributed by atoms with Crippen LogP contribution in [0.3, 0.4) is 0 Å². The Morgan fingerprint density at radius 3 is 2.17 bits per heavy atom. The standard InChI is InChI=1S/C16H19Cl2NO4S/c1-4-22-15(20)13(16(21)23-5-2)14(19-3)24-9-10-6-7-11(17)8-12(10)18/h6-8,19H,4-5,9H2,1-3H3. The van der Waals surface area contributed by atoms with Gasteiger partial charge in [0.2, 0.25) is 0 Å². The lowest BCUT2D eigenvalue weighted by Gasteiger charge is -2.13. The number of nitrogens with one attached hydrogen (secondary N) is 1. The van der Waals surface area contributed by atoms with Crippen LogP contribution in [-0.4, -0.2) is 32.2 Å². The Bertz CT molecular complexity index is 615. The van der Waals surface area contributed by atoms with Crippen LogP contribution in [0, 0.1) is 0 Å². The van der Waals surface area contributed by atoms with Crippen molar-refractivity contribution in [2.24, 2.45) is 0 Å². The van der Waals surface area contributed by atoms with E-state index in [2.05, 4.69) is 5.32 Å². The molecule has 0 aliphatic rings. The van der Waals surface area contributed by atoms with E-state index in [9.17, 15) is 9.59 Å². The third-order valence-corrected chi connectivity index (χ3v) is 4.54. The average Bonchev–Trinajstić information content (AvgIpc) is 2.53. The van der Waals surface area contributed by atoms with E-state index in [-0.39, 0.29) is 18.8 Å². The molecule has 0 fully saturated rings. The molecule has 0 atom stereocenters. The number of thioether (sulfide) groups is 1. The molecule has 0 aromatic heterocycles. The molecule has 8 heteroatoms. The van der Waals surface area contributed by atoms with Crippen molar-refractivity contribution in [3.8, 4) is 0 Å². The van der Waals surface area contributed by atoms with Crippen LogP contribution in [0.1, 0.15) is 19.4 Å². The van der Waals surface area contributed by atoms with Crippen molar-refractivity contribution >= 4 is 46.9 Å². The van der Waals surface area contributed by atoms with Gasteiger partial charge in [-0.05, 0) is 31.5 Å². The van der Waals surface area contributed by atoms with Gasteiger partial charge in [0.25, 0.3) is 0 Å². The molecule has 5 nitrogen and oxygen atoms in total. The Morgan fingerprint density at radius 1 is 1.12 bits per heavy atom. The van der Waals surface area contributed by atoms with Gasteiger partial charge in [-0.2, -0.15) is 0 Å². The first-order valence-corrected chi connectivity index (χ1v) is 9.01. The summed E-state index contributed by atoms with van der Waals surface area (Å²) in [5, 5.41) is 4.26. The minimum atomic E-state index is -0.727. The number of esters is 2. The maximum atomic E-state index is 12.1. The first kappa shape index (κ1) is 20.7. The van der Waals surface area contributed by atoms with Gasteiger partial charge in [0.1, 0.15) is 0 Å². The van der Waals surface area contributed by atoms with Gasteiger partial charge in [-0.1, -0.05) is 29.3 Å². The Labute approximate surface area is 155 Å². The summed E-state index contributed by atoms with van der Waals surface area (Å²) in [5.41, 5.74) is 0.669. The van der Waals surface area contributed by atoms with Gasteiger partial charge in [0.15, 0.2) is 5.57 Å². The first-order valence-electron chi connectivity index (χ1n) is 7.27. The van der Waals surface area contributed by atoms with Crippen molar-refractivity contribution < 1.29 is 19.1 Å². The summed E-state index contributed by atoms with van der Waals surface area (Å²) < 4.78 is 9.90. The lowest BCUT2D eigenvalue weighted by Crippen LogP contribution is -2.23. The molecule has 24 heavy (non-hydrogen) atoms. The predicted molar refractivity (Wildman–Crippen MR) is 97.1 cm³/mol. The third kappa shape index (κ3) is 5.92. The van der Waals surface area contributed by atoms with Crippen LogP contribution >= 0.6 is 35.0 Å². The highest BCUT2D eigenvalue weighted by molar-refractivity contribution is 8.02. The summed E-state index contributed by atoms with van der Waals surface area (Å²) in [7, 11) is 1.62. The van der Waals surface area contributed by atoms with Crippen LogP contribution in [0.4, 0.5) is 0 Å². The molecule has 1 aromatic rings. The quantitative estimate of drug-likeness (QED) is 0.314. The van der Waals surface area contributed by atoms with Crippen molar-refractivity contribution in [1.29, 1.82) is 0 Å². The van der Waals surface area contributed by atoms with Gasteiger partial charge in [-0.25, -0.2) is 9.59 Å². The molecular formula is C16H19Cl2NO4S. The average molecular weight is 392 g/mol. The molecule has 0 unspecified atom stereocenters. The Balaban J connectivity index is 3.07. The zero-order valence-electron chi connectivity index (χ0n) is 13.7. The molecular weight excluding hydrogens is 373 g/mol. The fraction of sp³-hybridized carbons (Fsp3) is 0.375. The van der Waals surface area contributed by atoms with Crippen LogP contribution in [0.2, 0.25) is 10.0 Å². The summed E-state index contributed by atoms with van der Waals surface area (Å²) >= 11 is 13.3. The van der Waals surface area contributed by atoms with Gasteiger partial charge in [-0.15, -0.1) is 11.8 Å². The molecule has 0 heterocycles. The van der Waals surface area contributed by atoms with E-state index in [4.69, 9.17) is 32.7 Å². The van der Waals surface area contributed by atoms with Crippen LogP contribution in [0.15, 0.2) is 28.8 Å². The van der Waals surface area contributed by atoms with Crippen LogP contribution in [0.5, 0.6) is 0 Å². The highest BCUT2D eigenvalue weighted by atomic mass is 35.5. The molecule has 1 aromatic carbocycles. The van der Waals surface area contributed by atoms with Crippen molar-refractivity contribution in [2.45, 2.75) is 19.6 Å². The highest BCUT2D eigenvalue weighted by Crippen LogP contribution is 2.29. The molecule has 1 rings (SSSR count). The lowest BCUT2D eigenvalue weighted by atomic mass is 10.2. The first-order chi connectivity index (χ1) is 11.4. The van der Waals surface area contributed by atoms with Gasteiger partial charge in [0.05, 0.1) is 18.2 Å². The van der Waals surface area contributed by atoms with E-state index < -0.39 is 11.9 Å².